The van der Waals surface area contributed by atoms with Crippen LogP contribution < -0.4 is 0 Å². The summed E-state index contributed by atoms with van der Waals surface area (Å²) in [6.07, 6.45) is -2.82. The van der Waals surface area contributed by atoms with Crippen molar-refractivity contribution in [2.75, 3.05) is 7.11 Å². The molecule has 1 aromatic rings. The Morgan fingerprint density at radius 1 is 1.38 bits per heavy atom. The summed E-state index contributed by atoms with van der Waals surface area (Å²) >= 11 is 3.30. The number of aliphatic hydroxyl groups excluding tert-OH is 2. The Hall–Kier alpha value is -0.910. The van der Waals surface area contributed by atoms with Crippen LogP contribution in [-0.4, -0.2) is 29.4 Å². The highest BCUT2D eigenvalue weighted by atomic mass is 79.9. The third kappa shape index (κ3) is 3.04. The van der Waals surface area contributed by atoms with Crippen LogP contribution in [0.5, 0.6) is 0 Å². The van der Waals surface area contributed by atoms with Gasteiger partial charge < -0.3 is 14.9 Å². The second-order valence-corrected chi connectivity index (χ2v) is 3.85. The molecule has 0 saturated heterocycles. The van der Waals surface area contributed by atoms with Gasteiger partial charge in [-0.25, -0.2) is 4.79 Å². The highest BCUT2D eigenvalue weighted by Crippen LogP contribution is 2.19. The van der Waals surface area contributed by atoms with Gasteiger partial charge in [0.2, 0.25) is 0 Å². The van der Waals surface area contributed by atoms with Crippen molar-refractivity contribution in [1.29, 1.82) is 0 Å². The minimum Gasteiger partial charge on any atom is -0.467 e. The molecule has 2 unspecified atom stereocenters. The lowest BCUT2D eigenvalue weighted by molar-refractivity contribution is -0.156. The number of alkyl halides is 1. The summed E-state index contributed by atoms with van der Waals surface area (Å²) in [7, 11) is 1.16. The molecule has 2 atom stereocenters. The van der Waals surface area contributed by atoms with E-state index in [-0.39, 0.29) is 0 Å². The fourth-order valence-corrected chi connectivity index (χ4v) is 1.61. The summed E-state index contributed by atoms with van der Waals surface area (Å²) in [4.78, 5) is 11.0. The number of aliphatic hydroxyl groups is 2. The van der Waals surface area contributed by atoms with E-state index in [2.05, 4.69) is 20.7 Å². The number of ether oxygens (including phenoxy) is 1. The van der Waals surface area contributed by atoms with E-state index in [0.717, 1.165) is 12.7 Å². The molecule has 0 aliphatic heterocycles. The van der Waals surface area contributed by atoms with Crippen molar-refractivity contribution in [3.8, 4) is 0 Å². The predicted octanol–water partition coefficient (Wildman–Crippen LogP) is 1.15. The Labute approximate surface area is 102 Å². The Kier molecular flexibility index (Phi) is 4.92. The van der Waals surface area contributed by atoms with E-state index in [9.17, 15) is 15.0 Å². The van der Waals surface area contributed by atoms with Crippen LogP contribution in [0.2, 0.25) is 0 Å². The minimum absolute atomic E-state index is 0.475. The first kappa shape index (κ1) is 13.2. The second-order valence-electron chi connectivity index (χ2n) is 3.29. The summed E-state index contributed by atoms with van der Waals surface area (Å²) < 4.78 is 4.34. The molecular formula is C11H13BrO4. The van der Waals surface area contributed by atoms with Crippen LogP contribution in [-0.2, 0) is 14.9 Å². The summed E-state index contributed by atoms with van der Waals surface area (Å²) in [5.74, 6) is -0.850. The van der Waals surface area contributed by atoms with Gasteiger partial charge in [0, 0.05) is 5.33 Å². The summed E-state index contributed by atoms with van der Waals surface area (Å²) in [6.45, 7) is 0. The number of carbonyl (C=O) groups excluding carboxylic acids is 1. The number of carbonyl (C=O) groups is 1. The van der Waals surface area contributed by atoms with E-state index in [1.54, 1.807) is 24.3 Å². The van der Waals surface area contributed by atoms with E-state index >= 15 is 0 Å². The molecule has 1 aromatic carbocycles. The minimum atomic E-state index is -1.56. The quantitative estimate of drug-likeness (QED) is 0.644. The highest BCUT2D eigenvalue weighted by molar-refractivity contribution is 9.08. The fourth-order valence-electron chi connectivity index (χ4n) is 1.24. The number of hydrogen-bond acceptors (Lipinski definition) is 4. The molecule has 16 heavy (non-hydrogen) atoms. The number of benzene rings is 1. The summed E-state index contributed by atoms with van der Waals surface area (Å²) in [5, 5.41) is 19.8. The number of hydrogen-bond donors (Lipinski definition) is 2. The van der Waals surface area contributed by atoms with Crippen LogP contribution in [0, 0.1) is 0 Å². The van der Waals surface area contributed by atoms with E-state index in [4.69, 9.17) is 0 Å². The smallest absolute Gasteiger partial charge is 0.337 e. The van der Waals surface area contributed by atoms with Crippen molar-refractivity contribution in [3.05, 3.63) is 35.4 Å². The van der Waals surface area contributed by atoms with Gasteiger partial charge >= 0.3 is 5.97 Å². The molecule has 0 amide bonds. The molecule has 2 N–H and O–H groups in total. The molecule has 5 heteroatoms. The number of halogens is 1. The second kappa shape index (κ2) is 5.98. The third-order valence-corrected chi connectivity index (χ3v) is 2.86. The first-order chi connectivity index (χ1) is 7.60. The monoisotopic (exact) mass is 288 g/mol. The number of rotatable bonds is 4. The number of esters is 1. The van der Waals surface area contributed by atoms with Crippen molar-refractivity contribution < 1.29 is 19.7 Å². The van der Waals surface area contributed by atoms with Gasteiger partial charge in [0.15, 0.2) is 6.10 Å². The molecule has 1 rings (SSSR count). The first-order valence-corrected chi connectivity index (χ1v) is 5.81. The molecule has 0 bridgehead atoms. The number of methoxy groups -OCH3 is 1. The van der Waals surface area contributed by atoms with Gasteiger partial charge in [-0.2, -0.15) is 0 Å². The lowest BCUT2D eigenvalue weighted by atomic mass is 10.0. The van der Waals surface area contributed by atoms with Crippen LogP contribution in [0.3, 0.4) is 0 Å². The normalized spacial score (nSPS) is 14.2. The molecule has 0 fully saturated rings. The molecule has 88 valence electrons. The average Bonchev–Trinajstić information content (AvgIpc) is 2.36. The van der Waals surface area contributed by atoms with Crippen LogP contribution in [0.4, 0.5) is 0 Å². The molecule has 0 heterocycles. The zero-order valence-electron chi connectivity index (χ0n) is 8.76. The zero-order valence-corrected chi connectivity index (χ0v) is 10.3. The van der Waals surface area contributed by atoms with Gasteiger partial charge in [-0.15, -0.1) is 0 Å². The van der Waals surface area contributed by atoms with Crippen LogP contribution in [0.15, 0.2) is 24.3 Å². The maximum absolute atomic E-state index is 11.0. The van der Waals surface area contributed by atoms with Gasteiger partial charge in [0.1, 0.15) is 6.10 Å². The SMILES string of the molecule is COC(=O)C(O)C(O)c1ccc(CBr)cc1. The Morgan fingerprint density at radius 2 is 1.94 bits per heavy atom. The molecule has 0 saturated carbocycles. The fraction of sp³-hybridized carbons (Fsp3) is 0.364. The Morgan fingerprint density at radius 3 is 2.38 bits per heavy atom. The molecular weight excluding hydrogens is 276 g/mol. The summed E-state index contributed by atoms with van der Waals surface area (Å²) in [6, 6.07) is 6.93. The lowest BCUT2D eigenvalue weighted by Gasteiger charge is -2.16. The zero-order chi connectivity index (χ0) is 12.1. The molecule has 4 nitrogen and oxygen atoms in total. The van der Waals surface area contributed by atoms with Crippen molar-refractivity contribution in [3.63, 3.8) is 0 Å². The van der Waals surface area contributed by atoms with Crippen LogP contribution >= 0.6 is 15.9 Å². The largest absolute Gasteiger partial charge is 0.467 e. The van der Waals surface area contributed by atoms with Crippen molar-refractivity contribution >= 4 is 21.9 Å². The highest BCUT2D eigenvalue weighted by Gasteiger charge is 2.26. The maximum Gasteiger partial charge on any atom is 0.337 e. The maximum atomic E-state index is 11.0. The van der Waals surface area contributed by atoms with Crippen molar-refractivity contribution in [2.24, 2.45) is 0 Å². The van der Waals surface area contributed by atoms with Crippen LogP contribution in [0.1, 0.15) is 17.2 Å². The Bertz CT molecular complexity index is 350. The van der Waals surface area contributed by atoms with Gasteiger partial charge in [-0.05, 0) is 11.1 Å². The summed E-state index contributed by atoms with van der Waals surface area (Å²) in [5.41, 5.74) is 1.52. The molecule has 0 radical (unpaired) electrons. The lowest BCUT2D eigenvalue weighted by Crippen LogP contribution is -2.28. The average molecular weight is 289 g/mol. The van der Waals surface area contributed by atoms with E-state index < -0.39 is 18.2 Å². The van der Waals surface area contributed by atoms with Gasteiger partial charge in [0.05, 0.1) is 7.11 Å². The van der Waals surface area contributed by atoms with E-state index in [1.807, 2.05) is 0 Å². The van der Waals surface area contributed by atoms with Crippen molar-refractivity contribution in [2.45, 2.75) is 17.5 Å². The topological polar surface area (TPSA) is 66.8 Å². The van der Waals surface area contributed by atoms with Gasteiger partial charge in [0.25, 0.3) is 0 Å². The van der Waals surface area contributed by atoms with Crippen LogP contribution in [0.25, 0.3) is 0 Å². The van der Waals surface area contributed by atoms with Gasteiger partial charge in [-0.3, -0.25) is 0 Å². The predicted molar refractivity (Wildman–Crippen MR) is 62.1 cm³/mol. The molecule has 0 aliphatic carbocycles. The third-order valence-electron chi connectivity index (χ3n) is 2.22. The van der Waals surface area contributed by atoms with Gasteiger partial charge in [-0.1, -0.05) is 40.2 Å². The van der Waals surface area contributed by atoms with E-state index in [1.165, 1.54) is 0 Å². The molecule has 0 aliphatic rings. The molecule has 0 aromatic heterocycles. The Balaban J connectivity index is 2.79. The first-order valence-electron chi connectivity index (χ1n) is 4.69. The molecule has 0 spiro atoms. The standard InChI is InChI=1S/C11H13BrO4/c1-16-11(15)10(14)9(13)8-4-2-7(6-12)3-5-8/h2-5,9-10,13-14H,6H2,1H3. The van der Waals surface area contributed by atoms with Crippen molar-refractivity contribution in [1.82, 2.24) is 0 Å². The van der Waals surface area contributed by atoms with E-state index in [0.29, 0.717) is 10.9 Å².